The molecule has 3 heterocycles. The van der Waals surface area contributed by atoms with E-state index in [2.05, 4.69) is 25.3 Å². The van der Waals surface area contributed by atoms with Crippen molar-refractivity contribution >= 4 is 29.3 Å². The van der Waals surface area contributed by atoms with Crippen molar-refractivity contribution in [2.24, 2.45) is 15.7 Å². The number of rotatable bonds is 6. The van der Waals surface area contributed by atoms with Crippen molar-refractivity contribution in [2.45, 2.75) is 6.42 Å². The zero-order valence-corrected chi connectivity index (χ0v) is 16.5. The molecule has 1 aromatic carbocycles. The van der Waals surface area contributed by atoms with Crippen LogP contribution in [0.25, 0.3) is 0 Å². The number of carbonyl (C=O) groups excluding carboxylic acids is 1. The molecule has 2 aromatic rings. The van der Waals surface area contributed by atoms with Crippen LogP contribution in [0.2, 0.25) is 0 Å². The fraction of sp³-hybridized carbons (Fsp3) is 0.316. The SMILES string of the molecule is COc1c(OCCCN)ccc2c1N=C(NC(=O)c1cnc(N)nc1)N1CCN=C21. The molecule has 11 heteroatoms. The van der Waals surface area contributed by atoms with Gasteiger partial charge in [0.05, 0.1) is 25.8 Å². The second-order valence-electron chi connectivity index (χ2n) is 6.56. The standard InChI is InChI=1S/C19H22N8O3/c1-29-15-13(30-8-2-5-20)4-3-12-14(15)25-19(27-7-6-22-16(12)27)26-17(28)11-9-23-18(21)24-10-11/h3-4,9-10H,2,5-8,20H2,1H3,(H2,21,23,24)(H,25,26,28). The number of nitrogens with zero attached hydrogens (tertiary/aromatic N) is 5. The Labute approximate surface area is 172 Å². The molecule has 0 atom stereocenters. The minimum atomic E-state index is -0.405. The Bertz CT molecular complexity index is 1020. The molecule has 156 valence electrons. The van der Waals surface area contributed by atoms with Crippen LogP contribution in [-0.4, -0.2) is 65.9 Å². The van der Waals surface area contributed by atoms with Crippen LogP contribution in [0.3, 0.4) is 0 Å². The van der Waals surface area contributed by atoms with Crippen molar-refractivity contribution in [1.29, 1.82) is 0 Å². The largest absolute Gasteiger partial charge is 0.491 e. The average Bonchev–Trinajstić information content (AvgIpc) is 3.24. The monoisotopic (exact) mass is 410 g/mol. The molecule has 2 aliphatic rings. The molecule has 1 amide bonds. The third kappa shape index (κ3) is 3.62. The average molecular weight is 410 g/mol. The van der Waals surface area contributed by atoms with Crippen LogP contribution >= 0.6 is 0 Å². The Hall–Kier alpha value is -3.73. The first-order valence-corrected chi connectivity index (χ1v) is 9.46. The van der Waals surface area contributed by atoms with E-state index < -0.39 is 5.91 Å². The molecular formula is C19H22N8O3. The number of nitrogens with two attached hydrogens (primary N) is 2. The Morgan fingerprint density at radius 3 is 2.83 bits per heavy atom. The molecule has 2 aliphatic heterocycles. The summed E-state index contributed by atoms with van der Waals surface area (Å²) < 4.78 is 11.4. The zero-order valence-electron chi connectivity index (χ0n) is 16.5. The molecule has 0 saturated carbocycles. The van der Waals surface area contributed by atoms with E-state index in [1.54, 1.807) is 7.11 Å². The first-order valence-electron chi connectivity index (χ1n) is 9.46. The van der Waals surface area contributed by atoms with Crippen molar-refractivity contribution in [3.8, 4) is 11.5 Å². The lowest BCUT2D eigenvalue weighted by atomic mass is 10.1. The molecule has 4 rings (SSSR count). The van der Waals surface area contributed by atoms with Crippen LogP contribution in [0.1, 0.15) is 22.3 Å². The highest BCUT2D eigenvalue weighted by atomic mass is 16.5. The van der Waals surface area contributed by atoms with Gasteiger partial charge in [0.25, 0.3) is 5.91 Å². The van der Waals surface area contributed by atoms with E-state index in [1.807, 2.05) is 17.0 Å². The van der Waals surface area contributed by atoms with Crippen LogP contribution in [0.15, 0.2) is 34.5 Å². The highest BCUT2D eigenvalue weighted by Gasteiger charge is 2.33. The number of anilines is 1. The van der Waals surface area contributed by atoms with E-state index in [1.165, 1.54) is 12.4 Å². The summed E-state index contributed by atoms with van der Waals surface area (Å²) in [4.78, 5) is 31.5. The normalized spacial score (nSPS) is 14.4. The Balaban J connectivity index is 1.69. The summed E-state index contributed by atoms with van der Waals surface area (Å²) in [6, 6.07) is 3.72. The molecule has 0 fully saturated rings. The van der Waals surface area contributed by atoms with E-state index in [-0.39, 0.29) is 11.5 Å². The number of aliphatic imine (C=N–C) groups is 2. The molecule has 0 saturated heterocycles. The number of guanidine groups is 1. The van der Waals surface area contributed by atoms with E-state index in [9.17, 15) is 4.79 Å². The maximum atomic E-state index is 12.7. The van der Waals surface area contributed by atoms with E-state index in [0.29, 0.717) is 49.4 Å². The zero-order chi connectivity index (χ0) is 21.1. The van der Waals surface area contributed by atoms with Crippen LogP contribution in [-0.2, 0) is 0 Å². The highest BCUT2D eigenvalue weighted by Crippen LogP contribution is 2.43. The molecule has 11 nitrogen and oxygen atoms in total. The molecule has 0 radical (unpaired) electrons. The van der Waals surface area contributed by atoms with Crippen molar-refractivity contribution < 1.29 is 14.3 Å². The van der Waals surface area contributed by atoms with Crippen LogP contribution in [0.4, 0.5) is 11.6 Å². The number of carbonyl (C=O) groups is 1. The summed E-state index contributed by atoms with van der Waals surface area (Å²) in [7, 11) is 1.55. The summed E-state index contributed by atoms with van der Waals surface area (Å²) in [5.41, 5.74) is 12.7. The number of amidine groups is 1. The number of benzene rings is 1. The lowest BCUT2D eigenvalue weighted by Gasteiger charge is -2.28. The predicted molar refractivity (Wildman–Crippen MR) is 111 cm³/mol. The molecule has 1 aromatic heterocycles. The van der Waals surface area contributed by atoms with E-state index in [0.717, 1.165) is 17.8 Å². The molecule has 0 spiro atoms. The summed E-state index contributed by atoms with van der Waals surface area (Å²) in [5.74, 6) is 1.78. The van der Waals surface area contributed by atoms with Crippen LogP contribution < -0.4 is 26.3 Å². The number of amides is 1. The second-order valence-corrected chi connectivity index (χ2v) is 6.56. The first kappa shape index (κ1) is 19.6. The summed E-state index contributed by atoms with van der Waals surface area (Å²) in [5, 5.41) is 2.81. The minimum Gasteiger partial charge on any atom is -0.491 e. The number of hydrogen-bond acceptors (Lipinski definition) is 10. The summed E-state index contributed by atoms with van der Waals surface area (Å²) in [6.07, 6.45) is 3.44. The van der Waals surface area contributed by atoms with Crippen LogP contribution in [0, 0.1) is 0 Å². The smallest absolute Gasteiger partial charge is 0.261 e. The van der Waals surface area contributed by atoms with Gasteiger partial charge in [-0.2, -0.15) is 0 Å². The quantitative estimate of drug-likeness (QED) is 0.574. The molecule has 30 heavy (non-hydrogen) atoms. The topological polar surface area (TPSA) is 153 Å². The minimum absolute atomic E-state index is 0.0938. The summed E-state index contributed by atoms with van der Waals surface area (Å²) in [6.45, 7) is 2.18. The van der Waals surface area contributed by atoms with Gasteiger partial charge in [-0.25, -0.2) is 15.0 Å². The van der Waals surface area contributed by atoms with Crippen molar-refractivity contribution in [3.63, 3.8) is 0 Å². The maximum absolute atomic E-state index is 12.7. The Kier molecular flexibility index (Phi) is 5.44. The number of fused-ring (bicyclic) bond motifs is 3. The van der Waals surface area contributed by atoms with Crippen molar-refractivity contribution in [1.82, 2.24) is 20.2 Å². The fourth-order valence-corrected chi connectivity index (χ4v) is 3.20. The third-order valence-corrected chi connectivity index (χ3v) is 4.62. The maximum Gasteiger partial charge on any atom is 0.261 e. The highest BCUT2D eigenvalue weighted by molar-refractivity contribution is 6.20. The van der Waals surface area contributed by atoms with Gasteiger partial charge in [-0.3, -0.25) is 20.0 Å². The number of methoxy groups -OCH3 is 1. The van der Waals surface area contributed by atoms with E-state index in [4.69, 9.17) is 20.9 Å². The van der Waals surface area contributed by atoms with Gasteiger partial charge in [0.1, 0.15) is 11.5 Å². The molecule has 0 unspecified atom stereocenters. The van der Waals surface area contributed by atoms with Gasteiger partial charge < -0.3 is 20.9 Å². The number of hydrogen-bond donors (Lipinski definition) is 3. The fourth-order valence-electron chi connectivity index (χ4n) is 3.20. The number of nitrogens with one attached hydrogen (secondary N) is 1. The lowest BCUT2D eigenvalue weighted by molar-refractivity contribution is 0.0973. The van der Waals surface area contributed by atoms with Crippen molar-refractivity contribution in [3.05, 3.63) is 35.7 Å². The Morgan fingerprint density at radius 1 is 1.30 bits per heavy atom. The molecule has 0 bridgehead atoms. The third-order valence-electron chi connectivity index (χ3n) is 4.62. The second kappa shape index (κ2) is 8.33. The van der Waals surface area contributed by atoms with Gasteiger partial charge >= 0.3 is 0 Å². The van der Waals surface area contributed by atoms with Gasteiger partial charge in [0.15, 0.2) is 11.5 Å². The molecule has 5 N–H and O–H groups in total. The van der Waals surface area contributed by atoms with Gasteiger partial charge in [-0.1, -0.05) is 0 Å². The van der Waals surface area contributed by atoms with Gasteiger partial charge in [-0.15, -0.1) is 0 Å². The van der Waals surface area contributed by atoms with Gasteiger partial charge in [0, 0.05) is 24.5 Å². The number of aromatic nitrogens is 2. The van der Waals surface area contributed by atoms with Gasteiger partial charge in [0.2, 0.25) is 11.9 Å². The number of nitrogen functional groups attached to an aromatic ring is 1. The molecule has 0 aliphatic carbocycles. The Morgan fingerprint density at radius 2 is 2.10 bits per heavy atom. The van der Waals surface area contributed by atoms with Gasteiger partial charge in [-0.05, 0) is 25.1 Å². The van der Waals surface area contributed by atoms with Crippen LogP contribution in [0.5, 0.6) is 11.5 Å². The predicted octanol–water partition coefficient (Wildman–Crippen LogP) is 0.288. The lowest BCUT2D eigenvalue weighted by Crippen LogP contribution is -2.47. The number of ether oxygens (including phenoxy) is 2. The first-order chi connectivity index (χ1) is 14.6. The van der Waals surface area contributed by atoms with Crippen molar-refractivity contribution in [2.75, 3.05) is 39.1 Å². The summed E-state index contributed by atoms with van der Waals surface area (Å²) >= 11 is 0. The van der Waals surface area contributed by atoms with E-state index >= 15 is 0 Å². The molecular weight excluding hydrogens is 388 g/mol.